The number of hydrogen-bond acceptors (Lipinski definition) is 7. The van der Waals surface area contributed by atoms with Gasteiger partial charge in [-0.2, -0.15) is 0 Å². The largest absolute Gasteiger partial charge is 0.396 e. The van der Waals surface area contributed by atoms with Gasteiger partial charge in [0.2, 0.25) is 0 Å². The summed E-state index contributed by atoms with van der Waals surface area (Å²) in [5.74, 6) is 0. The Morgan fingerprint density at radius 3 is 0.960 bits per heavy atom. The zero-order valence-corrected chi connectivity index (χ0v) is 15.7. The molecule has 3 N–H and O–H groups in total. The van der Waals surface area contributed by atoms with E-state index in [9.17, 15) is 0 Å². The Kier molecular flexibility index (Phi) is 21.5. The maximum absolute atomic E-state index is 8.75. The molecule has 0 aliphatic rings. The Bertz CT molecular complexity index is 208. The third kappa shape index (κ3) is 19.9. The Morgan fingerprint density at radius 1 is 0.400 bits per heavy atom. The Balaban J connectivity index is 3.76. The first-order valence-corrected chi connectivity index (χ1v) is 9.86. The van der Waals surface area contributed by atoms with Crippen molar-refractivity contribution in [2.45, 2.75) is 77.0 Å². The zero-order chi connectivity index (χ0) is 18.4. The average Bonchev–Trinajstić information content (AvgIpc) is 2.63. The molecule has 0 atom stereocenters. The third-order valence-corrected chi connectivity index (χ3v) is 3.75. The molecular formula is C18H39NO6. The molecule has 0 heterocycles. The fourth-order valence-corrected chi connectivity index (χ4v) is 2.23. The Labute approximate surface area is 152 Å². The minimum Gasteiger partial charge on any atom is -0.396 e. The molecule has 7 nitrogen and oxygen atoms in total. The van der Waals surface area contributed by atoms with Gasteiger partial charge in [-0.15, -0.1) is 0 Å². The van der Waals surface area contributed by atoms with Crippen molar-refractivity contribution in [2.75, 3.05) is 39.6 Å². The first-order chi connectivity index (χ1) is 12.3. The molecule has 0 aromatic carbocycles. The van der Waals surface area contributed by atoms with Gasteiger partial charge < -0.3 is 15.3 Å². The molecule has 7 heteroatoms. The summed E-state index contributed by atoms with van der Waals surface area (Å²) in [6, 6.07) is 0. The van der Waals surface area contributed by atoms with Crippen LogP contribution in [0.2, 0.25) is 0 Å². The maximum atomic E-state index is 8.75. The van der Waals surface area contributed by atoms with Crippen LogP contribution in [-0.2, 0) is 14.5 Å². The molecule has 0 aromatic rings. The van der Waals surface area contributed by atoms with E-state index in [0.29, 0.717) is 19.8 Å². The summed E-state index contributed by atoms with van der Waals surface area (Å²) in [6.07, 6.45) is 11.2. The van der Waals surface area contributed by atoms with Crippen molar-refractivity contribution in [3.63, 3.8) is 0 Å². The zero-order valence-electron chi connectivity index (χ0n) is 15.7. The predicted molar refractivity (Wildman–Crippen MR) is 96.4 cm³/mol. The molecule has 0 radical (unpaired) electrons. The normalized spacial score (nSPS) is 11.5. The van der Waals surface area contributed by atoms with E-state index in [-0.39, 0.29) is 19.8 Å². The smallest absolute Gasteiger partial charge is 0.0766 e. The topological polar surface area (TPSA) is 91.6 Å². The number of aliphatic hydroxyl groups excluding tert-OH is 3. The number of nitrogens with zero attached hydrogens (tertiary/aromatic N) is 1. The summed E-state index contributed by atoms with van der Waals surface area (Å²) in [6.45, 7) is 2.31. The van der Waals surface area contributed by atoms with Crippen LogP contribution in [-0.4, -0.2) is 60.4 Å². The Morgan fingerprint density at radius 2 is 0.680 bits per heavy atom. The SMILES string of the molecule is OCCCCCCON(OCCCCCCO)OCCCCCCO. The van der Waals surface area contributed by atoms with E-state index in [0.717, 1.165) is 82.4 Å². The van der Waals surface area contributed by atoms with E-state index in [4.69, 9.17) is 29.8 Å². The van der Waals surface area contributed by atoms with Crippen molar-refractivity contribution < 1.29 is 29.8 Å². The van der Waals surface area contributed by atoms with Gasteiger partial charge in [0.25, 0.3) is 0 Å². The van der Waals surface area contributed by atoms with Crippen molar-refractivity contribution in [3.8, 4) is 0 Å². The molecule has 0 amide bonds. The van der Waals surface area contributed by atoms with Gasteiger partial charge in [-0.3, -0.25) is 14.5 Å². The summed E-state index contributed by atoms with van der Waals surface area (Å²) < 4.78 is 0. The summed E-state index contributed by atoms with van der Waals surface area (Å²) in [7, 11) is 0. The number of hydrogen-bond donors (Lipinski definition) is 3. The highest BCUT2D eigenvalue weighted by Gasteiger charge is 2.07. The molecule has 0 saturated carbocycles. The van der Waals surface area contributed by atoms with E-state index in [1.165, 1.54) is 0 Å². The third-order valence-electron chi connectivity index (χ3n) is 3.75. The van der Waals surface area contributed by atoms with Gasteiger partial charge in [-0.25, -0.2) is 0 Å². The lowest BCUT2D eigenvalue weighted by Gasteiger charge is -2.19. The highest BCUT2D eigenvalue weighted by atomic mass is 17.2. The van der Waals surface area contributed by atoms with Crippen LogP contribution in [0.1, 0.15) is 77.0 Å². The van der Waals surface area contributed by atoms with Crippen LogP contribution in [0.3, 0.4) is 0 Å². The minimum absolute atomic E-state index is 0.242. The van der Waals surface area contributed by atoms with Crippen LogP contribution >= 0.6 is 0 Å². The van der Waals surface area contributed by atoms with Crippen molar-refractivity contribution in [2.24, 2.45) is 0 Å². The number of aliphatic hydroxyl groups is 3. The van der Waals surface area contributed by atoms with E-state index in [1.807, 2.05) is 0 Å². The Hall–Kier alpha value is -0.280. The van der Waals surface area contributed by atoms with Crippen molar-refractivity contribution in [3.05, 3.63) is 0 Å². The van der Waals surface area contributed by atoms with Gasteiger partial charge in [0, 0.05) is 19.8 Å². The standard InChI is InChI=1S/C18H39NO6/c20-13-7-1-4-10-16-23-19(24-17-11-5-2-8-14-21)25-18-12-6-3-9-15-22/h20-22H,1-18H2. The lowest BCUT2D eigenvalue weighted by atomic mass is 10.2. The first-order valence-electron chi connectivity index (χ1n) is 9.86. The molecule has 25 heavy (non-hydrogen) atoms. The van der Waals surface area contributed by atoms with Gasteiger partial charge in [-0.1, -0.05) is 38.5 Å². The molecule has 0 unspecified atom stereocenters. The van der Waals surface area contributed by atoms with Gasteiger partial charge in [0.05, 0.1) is 25.2 Å². The van der Waals surface area contributed by atoms with Gasteiger partial charge in [0.1, 0.15) is 0 Å². The first kappa shape index (κ1) is 24.7. The van der Waals surface area contributed by atoms with E-state index >= 15 is 0 Å². The molecule has 0 aromatic heterocycles. The molecule has 0 aliphatic carbocycles. The van der Waals surface area contributed by atoms with Crippen LogP contribution in [0.25, 0.3) is 0 Å². The molecular weight excluding hydrogens is 326 g/mol. The van der Waals surface area contributed by atoms with Crippen molar-refractivity contribution in [1.29, 1.82) is 0 Å². The van der Waals surface area contributed by atoms with Gasteiger partial charge >= 0.3 is 0 Å². The second-order valence-corrected chi connectivity index (χ2v) is 6.14. The monoisotopic (exact) mass is 365 g/mol. The molecule has 0 fully saturated rings. The molecule has 0 spiro atoms. The van der Waals surface area contributed by atoms with Crippen molar-refractivity contribution in [1.82, 2.24) is 5.39 Å². The van der Waals surface area contributed by atoms with Crippen LogP contribution in [0.4, 0.5) is 0 Å². The quantitative estimate of drug-likeness (QED) is 0.213. The summed E-state index contributed by atoms with van der Waals surface area (Å²) >= 11 is 0. The average molecular weight is 366 g/mol. The predicted octanol–water partition coefficient (Wildman–Crippen LogP) is 2.74. The van der Waals surface area contributed by atoms with Crippen molar-refractivity contribution >= 4 is 0 Å². The fraction of sp³-hybridized carbons (Fsp3) is 1.00. The molecule has 0 bridgehead atoms. The fourth-order valence-electron chi connectivity index (χ4n) is 2.23. The second-order valence-electron chi connectivity index (χ2n) is 6.14. The van der Waals surface area contributed by atoms with E-state index in [1.54, 1.807) is 0 Å². The highest BCUT2D eigenvalue weighted by Crippen LogP contribution is 2.06. The summed E-state index contributed by atoms with van der Waals surface area (Å²) in [5.41, 5.74) is 0. The van der Waals surface area contributed by atoms with Gasteiger partial charge in [0.15, 0.2) is 0 Å². The second kappa shape index (κ2) is 21.8. The lowest BCUT2D eigenvalue weighted by molar-refractivity contribution is -0.526. The summed E-state index contributed by atoms with van der Waals surface area (Å²) in [4.78, 5) is 16.6. The van der Waals surface area contributed by atoms with Crippen LogP contribution in [0.5, 0.6) is 0 Å². The number of rotatable bonds is 21. The van der Waals surface area contributed by atoms with Crippen LogP contribution in [0.15, 0.2) is 0 Å². The van der Waals surface area contributed by atoms with Crippen LogP contribution in [0, 0.1) is 0 Å². The molecule has 0 aliphatic heterocycles. The van der Waals surface area contributed by atoms with Gasteiger partial charge in [-0.05, 0) is 38.5 Å². The van der Waals surface area contributed by atoms with E-state index < -0.39 is 0 Å². The lowest BCUT2D eigenvalue weighted by Crippen LogP contribution is -2.26. The summed E-state index contributed by atoms with van der Waals surface area (Å²) in [5, 5.41) is 27.4. The highest BCUT2D eigenvalue weighted by molar-refractivity contribution is 4.42. The van der Waals surface area contributed by atoms with E-state index in [2.05, 4.69) is 0 Å². The molecule has 0 rings (SSSR count). The minimum atomic E-state index is 0.242. The maximum Gasteiger partial charge on any atom is 0.0766 e. The molecule has 0 saturated heterocycles. The van der Waals surface area contributed by atoms with Crippen LogP contribution < -0.4 is 0 Å². The molecule has 152 valence electrons. The number of unbranched alkanes of at least 4 members (excludes halogenated alkanes) is 9.